The highest BCUT2D eigenvalue weighted by Crippen LogP contribution is 2.27. The van der Waals surface area contributed by atoms with Gasteiger partial charge in [-0.1, -0.05) is 50.3 Å². The second kappa shape index (κ2) is 5.99. The van der Waals surface area contributed by atoms with Gasteiger partial charge in [-0.15, -0.1) is 0 Å². The van der Waals surface area contributed by atoms with Gasteiger partial charge >= 0.3 is 0 Å². The molecule has 1 atom stereocenters. The van der Waals surface area contributed by atoms with Gasteiger partial charge in [-0.05, 0) is 36.5 Å². The summed E-state index contributed by atoms with van der Waals surface area (Å²) in [4.78, 5) is 4.79. The molecule has 1 unspecified atom stereocenters. The van der Waals surface area contributed by atoms with Gasteiger partial charge in [-0.25, -0.2) is 4.99 Å². The highest BCUT2D eigenvalue weighted by Gasteiger charge is 2.24. The standard InChI is InChI=1S/C18H26N2/c1-13-7-6-10-16(14(13)2)12-18-19-17(20-18)11-15-8-4-3-5-9-15/h6-7,10,15,18H,3-5,8-9,11-12H2,1-2H3,(H,19,20). The first-order valence-corrected chi connectivity index (χ1v) is 8.10. The number of nitrogens with one attached hydrogen (secondary N) is 1. The molecule has 3 rings (SSSR count). The van der Waals surface area contributed by atoms with Crippen LogP contribution in [-0.2, 0) is 6.42 Å². The number of hydrogen-bond acceptors (Lipinski definition) is 2. The van der Waals surface area contributed by atoms with Gasteiger partial charge in [0.2, 0.25) is 0 Å². The van der Waals surface area contributed by atoms with Gasteiger partial charge in [0.05, 0.1) is 0 Å². The minimum Gasteiger partial charge on any atom is -0.352 e. The third kappa shape index (κ3) is 3.05. The maximum absolute atomic E-state index is 4.79. The number of aliphatic imine (C=N–C) groups is 1. The summed E-state index contributed by atoms with van der Waals surface area (Å²) in [6, 6.07) is 6.58. The first kappa shape index (κ1) is 13.7. The second-order valence-electron chi connectivity index (χ2n) is 6.51. The highest BCUT2D eigenvalue weighted by molar-refractivity contribution is 5.86. The Morgan fingerprint density at radius 2 is 1.85 bits per heavy atom. The van der Waals surface area contributed by atoms with Crippen molar-refractivity contribution in [1.29, 1.82) is 0 Å². The maximum atomic E-state index is 4.79. The van der Waals surface area contributed by atoms with E-state index in [2.05, 4.69) is 37.4 Å². The van der Waals surface area contributed by atoms with Crippen LogP contribution in [0.1, 0.15) is 55.2 Å². The van der Waals surface area contributed by atoms with Crippen LogP contribution in [0.25, 0.3) is 0 Å². The number of benzene rings is 1. The summed E-state index contributed by atoms with van der Waals surface area (Å²) in [6.07, 6.45) is 9.61. The second-order valence-corrected chi connectivity index (χ2v) is 6.51. The predicted molar refractivity (Wildman–Crippen MR) is 85.2 cm³/mol. The van der Waals surface area contributed by atoms with Gasteiger partial charge in [-0.2, -0.15) is 0 Å². The quantitative estimate of drug-likeness (QED) is 0.873. The molecule has 2 aliphatic rings. The van der Waals surface area contributed by atoms with E-state index in [9.17, 15) is 0 Å². The normalized spacial score (nSPS) is 22.9. The van der Waals surface area contributed by atoms with Gasteiger partial charge in [0, 0.05) is 12.8 Å². The molecule has 1 heterocycles. The van der Waals surface area contributed by atoms with Gasteiger partial charge in [0.15, 0.2) is 0 Å². The molecule has 1 aromatic rings. The minimum absolute atomic E-state index is 0.314. The highest BCUT2D eigenvalue weighted by atomic mass is 15.2. The Kier molecular flexibility index (Phi) is 4.09. The van der Waals surface area contributed by atoms with E-state index in [1.165, 1.54) is 61.1 Å². The Hall–Kier alpha value is -1.31. The number of amidine groups is 1. The maximum Gasteiger partial charge on any atom is 0.125 e. The zero-order chi connectivity index (χ0) is 13.9. The average Bonchev–Trinajstić information content (AvgIpc) is 2.42. The van der Waals surface area contributed by atoms with Crippen molar-refractivity contribution >= 4 is 5.84 Å². The van der Waals surface area contributed by atoms with Crippen molar-refractivity contribution in [2.75, 3.05) is 0 Å². The molecule has 0 aromatic heterocycles. The number of hydrogen-bond donors (Lipinski definition) is 1. The van der Waals surface area contributed by atoms with Crippen LogP contribution in [-0.4, -0.2) is 12.0 Å². The summed E-state index contributed by atoms with van der Waals surface area (Å²) < 4.78 is 0. The monoisotopic (exact) mass is 270 g/mol. The van der Waals surface area contributed by atoms with Crippen LogP contribution in [0.5, 0.6) is 0 Å². The van der Waals surface area contributed by atoms with Crippen molar-refractivity contribution in [3.05, 3.63) is 34.9 Å². The smallest absolute Gasteiger partial charge is 0.125 e. The molecule has 20 heavy (non-hydrogen) atoms. The Labute approximate surface area is 122 Å². The molecule has 2 nitrogen and oxygen atoms in total. The topological polar surface area (TPSA) is 24.4 Å². The summed E-state index contributed by atoms with van der Waals surface area (Å²) in [5, 5.41) is 3.57. The molecular weight excluding hydrogens is 244 g/mol. The lowest BCUT2D eigenvalue weighted by atomic mass is 9.86. The van der Waals surface area contributed by atoms with E-state index >= 15 is 0 Å². The van der Waals surface area contributed by atoms with Crippen molar-refractivity contribution < 1.29 is 0 Å². The van der Waals surface area contributed by atoms with E-state index < -0.39 is 0 Å². The molecule has 0 saturated heterocycles. The van der Waals surface area contributed by atoms with Crippen molar-refractivity contribution in [2.24, 2.45) is 10.9 Å². The van der Waals surface area contributed by atoms with Crippen molar-refractivity contribution in [2.45, 2.75) is 65.0 Å². The molecule has 1 aliphatic heterocycles. The Bertz CT molecular complexity index is 498. The van der Waals surface area contributed by atoms with Gasteiger partial charge in [-0.3, -0.25) is 0 Å². The third-order valence-corrected chi connectivity index (χ3v) is 4.98. The number of rotatable bonds is 4. The van der Waals surface area contributed by atoms with Gasteiger partial charge in [0.25, 0.3) is 0 Å². The van der Waals surface area contributed by atoms with Crippen molar-refractivity contribution in [3.8, 4) is 0 Å². The van der Waals surface area contributed by atoms with Crippen LogP contribution in [0, 0.1) is 19.8 Å². The lowest BCUT2D eigenvalue weighted by Gasteiger charge is -2.31. The zero-order valence-corrected chi connectivity index (χ0v) is 12.8. The molecule has 0 radical (unpaired) electrons. The first-order valence-electron chi connectivity index (χ1n) is 8.10. The molecule has 0 spiro atoms. The SMILES string of the molecule is Cc1cccc(CC2N=C(CC3CCCCC3)N2)c1C. The minimum atomic E-state index is 0.314. The fraction of sp³-hybridized carbons (Fsp3) is 0.611. The lowest BCUT2D eigenvalue weighted by Crippen LogP contribution is -2.46. The largest absolute Gasteiger partial charge is 0.352 e. The van der Waals surface area contributed by atoms with E-state index in [-0.39, 0.29) is 0 Å². The van der Waals surface area contributed by atoms with E-state index in [1.807, 2.05) is 0 Å². The Morgan fingerprint density at radius 1 is 1.10 bits per heavy atom. The Morgan fingerprint density at radius 3 is 2.60 bits per heavy atom. The fourth-order valence-corrected chi connectivity index (χ4v) is 3.50. The van der Waals surface area contributed by atoms with Crippen LogP contribution >= 0.6 is 0 Å². The van der Waals surface area contributed by atoms with Crippen molar-refractivity contribution in [3.63, 3.8) is 0 Å². The Balaban J connectivity index is 1.53. The van der Waals surface area contributed by atoms with Crippen LogP contribution in [0.2, 0.25) is 0 Å². The van der Waals surface area contributed by atoms with Gasteiger partial charge < -0.3 is 5.32 Å². The predicted octanol–water partition coefficient (Wildman–Crippen LogP) is 4.14. The van der Waals surface area contributed by atoms with E-state index in [4.69, 9.17) is 4.99 Å². The lowest BCUT2D eigenvalue weighted by molar-refractivity contribution is 0.360. The van der Waals surface area contributed by atoms with Crippen LogP contribution in [0.4, 0.5) is 0 Å². The molecule has 1 N–H and O–H groups in total. The molecule has 1 fully saturated rings. The molecule has 108 valence electrons. The summed E-state index contributed by atoms with van der Waals surface area (Å²) in [5.41, 5.74) is 4.24. The van der Waals surface area contributed by atoms with E-state index in [0.717, 1.165) is 12.3 Å². The number of aryl methyl sites for hydroxylation is 1. The number of nitrogens with zero attached hydrogens (tertiary/aromatic N) is 1. The van der Waals surface area contributed by atoms with E-state index in [1.54, 1.807) is 0 Å². The van der Waals surface area contributed by atoms with Crippen molar-refractivity contribution in [1.82, 2.24) is 5.32 Å². The average molecular weight is 270 g/mol. The van der Waals surface area contributed by atoms with Gasteiger partial charge in [0.1, 0.15) is 12.0 Å². The molecule has 1 saturated carbocycles. The summed E-state index contributed by atoms with van der Waals surface area (Å²) in [7, 11) is 0. The first-order chi connectivity index (χ1) is 9.72. The van der Waals surface area contributed by atoms with Crippen LogP contribution in [0.15, 0.2) is 23.2 Å². The third-order valence-electron chi connectivity index (χ3n) is 4.98. The molecule has 0 bridgehead atoms. The molecular formula is C18H26N2. The molecule has 2 heteroatoms. The van der Waals surface area contributed by atoms with Crippen LogP contribution in [0.3, 0.4) is 0 Å². The fourth-order valence-electron chi connectivity index (χ4n) is 3.50. The summed E-state index contributed by atoms with van der Waals surface area (Å²) >= 11 is 0. The molecule has 1 aliphatic carbocycles. The molecule has 0 amide bonds. The summed E-state index contributed by atoms with van der Waals surface area (Å²) in [5.74, 6) is 2.14. The molecule has 1 aromatic carbocycles. The zero-order valence-electron chi connectivity index (χ0n) is 12.8. The van der Waals surface area contributed by atoms with E-state index in [0.29, 0.717) is 6.17 Å². The summed E-state index contributed by atoms with van der Waals surface area (Å²) in [6.45, 7) is 4.40. The van der Waals surface area contributed by atoms with Crippen LogP contribution < -0.4 is 5.32 Å².